The Bertz CT molecular complexity index is 80.0. The summed E-state index contributed by atoms with van der Waals surface area (Å²) in [6.07, 6.45) is 4.34. The van der Waals surface area contributed by atoms with Gasteiger partial charge in [-0.3, -0.25) is 0 Å². The maximum Gasteiger partial charge on any atom is 2.00 e. The van der Waals surface area contributed by atoms with Gasteiger partial charge in [0.1, 0.15) is 0 Å². The van der Waals surface area contributed by atoms with Crippen LogP contribution in [0.1, 0.15) is 0 Å². The van der Waals surface area contributed by atoms with Crippen LogP contribution < -0.4 is 0 Å². The first-order valence-corrected chi connectivity index (χ1v) is 1.77. The van der Waals surface area contributed by atoms with Crippen molar-refractivity contribution in [3.8, 4) is 0 Å². The molecule has 1 heterocycles. The molecule has 36 valence electrons. The minimum Gasteiger partial charge on any atom is -0.394 e. The Balaban J connectivity index is 0.000000360. The molecule has 1 aromatic heterocycles. The molecule has 7 heavy (non-hydrogen) atoms. The molecule has 0 N–H and O–H groups in total. The van der Waals surface area contributed by atoms with Crippen LogP contribution >= 0.6 is 0 Å². The quantitative estimate of drug-likeness (QED) is 0.425. The van der Waals surface area contributed by atoms with Gasteiger partial charge in [0.15, 0.2) is 0 Å². The summed E-state index contributed by atoms with van der Waals surface area (Å²) in [5.41, 5.74) is 0. The molecule has 0 amide bonds. The molecule has 1 aromatic rings. The maximum absolute atomic E-state index is 3.66. The minimum atomic E-state index is 0. The predicted molar refractivity (Wildman–Crippen MR) is 23.1 cm³/mol. The van der Waals surface area contributed by atoms with Crippen LogP contribution in [0, 0.1) is 6.20 Å². The van der Waals surface area contributed by atoms with Gasteiger partial charge in [-0.2, -0.15) is 18.2 Å². The van der Waals surface area contributed by atoms with Gasteiger partial charge in [0.25, 0.3) is 0 Å². The SMILES string of the molecule is [Ru+2].[c-]1ccccn1. The molecule has 1 nitrogen and oxygen atoms in total. The Labute approximate surface area is 55.5 Å². The number of nitrogens with zero attached hydrogens (tertiary/aromatic N) is 1. The van der Waals surface area contributed by atoms with Crippen molar-refractivity contribution in [3.05, 3.63) is 30.6 Å². The van der Waals surface area contributed by atoms with Gasteiger partial charge in [-0.05, 0) is 0 Å². The van der Waals surface area contributed by atoms with E-state index in [1.807, 2.05) is 12.1 Å². The fourth-order valence-corrected chi connectivity index (χ4v) is 0.277. The van der Waals surface area contributed by atoms with E-state index in [1.165, 1.54) is 0 Å². The van der Waals surface area contributed by atoms with Crippen molar-refractivity contribution >= 4 is 0 Å². The summed E-state index contributed by atoms with van der Waals surface area (Å²) in [7, 11) is 0. The zero-order valence-electron chi connectivity index (χ0n) is 3.61. The summed E-state index contributed by atoms with van der Waals surface area (Å²) < 4.78 is 0. The first-order valence-electron chi connectivity index (χ1n) is 1.77. The zero-order chi connectivity index (χ0) is 4.24. The number of pyridine rings is 1. The first-order chi connectivity index (χ1) is 3.00. The number of hydrogen-bond acceptors (Lipinski definition) is 1. The molecule has 2 heteroatoms. The Morgan fingerprint density at radius 1 is 1.29 bits per heavy atom. The number of rotatable bonds is 0. The van der Waals surface area contributed by atoms with E-state index in [-0.39, 0.29) is 19.5 Å². The van der Waals surface area contributed by atoms with Crippen molar-refractivity contribution in [2.75, 3.05) is 0 Å². The molecule has 0 fully saturated rings. The van der Waals surface area contributed by atoms with Gasteiger partial charge >= 0.3 is 19.5 Å². The van der Waals surface area contributed by atoms with Crippen LogP contribution in [-0.2, 0) is 19.5 Å². The molecule has 0 aliphatic rings. The van der Waals surface area contributed by atoms with E-state index < -0.39 is 0 Å². The zero-order valence-corrected chi connectivity index (χ0v) is 5.35. The standard InChI is InChI=1S/C5H4N.Ru/c1-2-4-6-5-3-1;/h1-4H;/q-1;+2. The molecule has 0 aromatic carbocycles. The van der Waals surface area contributed by atoms with Crippen molar-refractivity contribution in [1.82, 2.24) is 4.98 Å². The molecule has 0 saturated carbocycles. The van der Waals surface area contributed by atoms with E-state index in [0.717, 1.165) is 0 Å². The molecule has 0 radical (unpaired) electrons. The van der Waals surface area contributed by atoms with Crippen LogP contribution in [0.4, 0.5) is 0 Å². The van der Waals surface area contributed by atoms with Crippen molar-refractivity contribution in [2.24, 2.45) is 0 Å². The molecule has 0 spiro atoms. The third-order valence-corrected chi connectivity index (χ3v) is 0.517. The van der Waals surface area contributed by atoms with E-state index >= 15 is 0 Å². The summed E-state index contributed by atoms with van der Waals surface area (Å²) in [4.78, 5) is 3.66. The van der Waals surface area contributed by atoms with Crippen molar-refractivity contribution < 1.29 is 19.5 Å². The Hall–Kier alpha value is -0.227. The average molecular weight is 179 g/mol. The summed E-state index contributed by atoms with van der Waals surface area (Å²) in [6, 6.07) is 5.50. The van der Waals surface area contributed by atoms with Crippen LogP contribution in [-0.4, -0.2) is 4.98 Å². The maximum atomic E-state index is 3.66. The van der Waals surface area contributed by atoms with Crippen molar-refractivity contribution in [3.63, 3.8) is 0 Å². The average Bonchev–Trinajstić information content (AvgIpc) is 1.72. The molecular formula is C5H4NRu+. The second kappa shape index (κ2) is 3.95. The van der Waals surface area contributed by atoms with Crippen LogP contribution in [0.5, 0.6) is 0 Å². The Kier molecular flexibility index (Phi) is 3.82. The molecule has 1 rings (SSSR count). The van der Waals surface area contributed by atoms with E-state index in [0.29, 0.717) is 0 Å². The fourth-order valence-electron chi connectivity index (χ4n) is 0.277. The van der Waals surface area contributed by atoms with Gasteiger partial charge < -0.3 is 4.98 Å². The smallest absolute Gasteiger partial charge is 0.394 e. The molecule has 0 atom stereocenters. The van der Waals surface area contributed by atoms with Gasteiger partial charge in [-0.25, -0.2) is 0 Å². The third kappa shape index (κ3) is 2.47. The largest absolute Gasteiger partial charge is 2.00 e. The van der Waals surface area contributed by atoms with E-state index in [9.17, 15) is 0 Å². The second-order valence-corrected chi connectivity index (χ2v) is 0.959. The molecule has 0 unspecified atom stereocenters. The monoisotopic (exact) mass is 180 g/mol. The molecule has 0 aliphatic carbocycles. The van der Waals surface area contributed by atoms with Gasteiger partial charge in [0.2, 0.25) is 0 Å². The Morgan fingerprint density at radius 3 is 2.29 bits per heavy atom. The summed E-state index contributed by atoms with van der Waals surface area (Å²) in [6.45, 7) is 0. The van der Waals surface area contributed by atoms with Gasteiger partial charge in [0.05, 0.1) is 0 Å². The van der Waals surface area contributed by atoms with Gasteiger partial charge in [-0.1, -0.05) is 12.4 Å². The second-order valence-electron chi connectivity index (χ2n) is 0.959. The fraction of sp³-hybridized carbons (Fsp3) is 0. The predicted octanol–water partition coefficient (Wildman–Crippen LogP) is 0.879. The minimum absolute atomic E-state index is 0. The molecule has 0 bridgehead atoms. The third-order valence-electron chi connectivity index (χ3n) is 0.517. The Morgan fingerprint density at radius 2 is 2.14 bits per heavy atom. The van der Waals surface area contributed by atoms with Crippen LogP contribution in [0.2, 0.25) is 0 Å². The normalized spacial score (nSPS) is 6.86. The van der Waals surface area contributed by atoms with Gasteiger partial charge in [0, 0.05) is 0 Å². The molecule has 0 aliphatic heterocycles. The number of aromatic nitrogens is 1. The van der Waals surface area contributed by atoms with Gasteiger partial charge in [-0.15, -0.1) is 0 Å². The van der Waals surface area contributed by atoms with Crippen LogP contribution in [0.15, 0.2) is 24.4 Å². The van der Waals surface area contributed by atoms with Crippen molar-refractivity contribution in [2.45, 2.75) is 0 Å². The summed E-state index contributed by atoms with van der Waals surface area (Å²) >= 11 is 0. The molecular weight excluding hydrogens is 175 g/mol. The van der Waals surface area contributed by atoms with Crippen LogP contribution in [0.25, 0.3) is 0 Å². The number of hydrogen-bond donors (Lipinski definition) is 0. The summed E-state index contributed by atoms with van der Waals surface area (Å²) in [5.74, 6) is 0. The summed E-state index contributed by atoms with van der Waals surface area (Å²) in [5, 5.41) is 0. The van der Waals surface area contributed by atoms with Crippen molar-refractivity contribution in [1.29, 1.82) is 0 Å². The van der Waals surface area contributed by atoms with E-state index in [2.05, 4.69) is 11.2 Å². The van der Waals surface area contributed by atoms with Crippen LogP contribution in [0.3, 0.4) is 0 Å². The first kappa shape index (κ1) is 6.77. The molecule has 0 saturated heterocycles. The topological polar surface area (TPSA) is 12.9 Å². The van der Waals surface area contributed by atoms with E-state index in [4.69, 9.17) is 0 Å². The van der Waals surface area contributed by atoms with E-state index in [1.54, 1.807) is 12.3 Å².